The van der Waals surface area contributed by atoms with Gasteiger partial charge in [-0.1, -0.05) is 24.3 Å². The number of hydrogen-bond donors (Lipinski definition) is 3. The molecule has 5 rings (SSSR count). The quantitative estimate of drug-likeness (QED) is 0.416. The minimum absolute atomic E-state index is 0.102. The summed E-state index contributed by atoms with van der Waals surface area (Å²) in [4.78, 5) is 23.1. The molecule has 35 heavy (non-hydrogen) atoms. The lowest BCUT2D eigenvalue weighted by atomic mass is 10.1. The van der Waals surface area contributed by atoms with Crippen LogP contribution in [0.15, 0.2) is 54.7 Å². The van der Waals surface area contributed by atoms with Gasteiger partial charge in [0.2, 0.25) is 0 Å². The van der Waals surface area contributed by atoms with Gasteiger partial charge in [-0.3, -0.25) is 4.79 Å². The zero-order chi connectivity index (χ0) is 24.6. The summed E-state index contributed by atoms with van der Waals surface area (Å²) in [7, 11) is 1.73. The van der Waals surface area contributed by atoms with Crippen LogP contribution in [-0.4, -0.2) is 72.5 Å². The number of aliphatic hydroxyl groups is 1. The van der Waals surface area contributed by atoms with E-state index < -0.39 is 6.23 Å². The number of amides is 1. The van der Waals surface area contributed by atoms with Crippen molar-refractivity contribution in [1.82, 2.24) is 14.9 Å². The number of rotatable bonds is 0. The van der Waals surface area contributed by atoms with Crippen LogP contribution in [0.3, 0.4) is 0 Å². The zero-order valence-corrected chi connectivity index (χ0v) is 19.5. The Kier molecular flexibility index (Phi) is 8.09. The van der Waals surface area contributed by atoms with Crippen LogP contribution in [0.5, 0.6) is 5.75 Å². The lowest BCUT2D eigenvalue weighted by molar-refractivity contribution is 0.0301. The summed E-state index contributed by atoms with van der Waals surface area (Å²) in [6, 6.07) is 14.3. The molecule has 0 saturated heterocycles. The predicted molar refractivity (Wildman–Crippen MR) is 131 cm³/mol. The van der Waals surface area contributed by atoms with Crippen molar-refractivity contribution in [2.24, 2.45) is 0 Å². The monoisotopic (exact) mass is 479 g/mol. The van der Waals surface area contributed by atoms with Crippen LogP contribution >= 0.6 is 0 Å². The number of likely N-dealkylation sites (N-methyl/N-ethyl adjacent to an activating group) is 1. The summed E-state index contributed by atoms with van der Waals surface area (Å²) >= 11 is 0. The number of aromatic nitrogens is 2. The highest BCUT2D eigenvalue weighted by Gasteiger charge is 2.18. The predicted octanol–water partition coefficient (Wildman–Crippen LogP) is 2.33. The molecular formula is C25H29N5O5. The normalized spacial score (nSPS) is 17.9. The molecule has 10 nitrogen and oxygen atoms in total. The van der Waals surface area contributed by atoms with Crippen LogP contribution < -0.4 is 15.8 Å². The van der Waals surface area contributed by atoms with E-state index in [-0.39, 0.29) is 17.4 Å². The van der Waals surface area contributed by atoms with Gasteiger partial charge in [-0.15, -0.1) is 0 Å². The number of nitrogens with one attached hydrogen (secondary N) is 1. The van der Waals surface area contributed by atoms with Crippen molar-refractivity contribution in [2.75, 3.05) is 57.7 Å². The van der Waals surface area contributed by atoms with Crippen molar-refractivity contribution in [3.05, 3.63) is 66.0 Å². The average molecular weight is 480 g/mol. The Morgan fingerprint density at radius 1 is 1.00 bits per heavy atom. The lowest BCUT2D eigenvalue weighted by Gasteiger charge is -2.19. The Hall–Kier alpha value is -3.73. The lowest BCUT2D eigenvalue weighted by Crippen LogP contribution is -2.30. The fraction of sp³-hybridized carbons (Fsp3) is 0.320. The van der Waals surface area contributed by atoms with Crippen molar-refractivity contribution in [3.63, 3.8) is 0 Å². The van der Waals surface area contributed by atoms with Gasteiger partial charge in [0.15, 0.2) is 6.23 Å². The molecule has 184 valence electrons. The molecule has 2 aliphatic rings. The first-order valence-electron chi connectivity index (χ1n) is 11.3. The number of para-hydroxylation sites is 2. The minimum Gasteiger partial charge on any atom is -0.489 e. The molecule has 0 spiro atoms. The summed E-state index contributed by atoms with van der Waals surface area (Å²) in [5.41, 5.74) is 8.57. The molecule has 2 aliphatic heterocycles. The smallest absolute Gasteiger partial charge is 0.253 e. The average Bonchev–Trinajstić information content (AvgIpc) is 2.88. The molecule has 1 amide bonds. The molecule has 4 bridgehead atoms. The maximum Gasteiger partial charge on any atom is 0.253 e. The van der Waals surface area contributed by atoms with Gasteiger partial charge in [0.05, 0.1) is 44.0 Å². The Morgan fingerprint density at radius 2 is 1.69 bits per heavy atom. The first-order chi connectivity index (χ1) is 17.0. The van der Waals surface area contributed by atoms with Crippen molar-refractivity contribution < 1.29 is 24.1 Å². The van der Waals surface area contributed by atoms with Crippen LogP contribution in [0.1, 0.15) is 22.3 Å². The number of carbonyl (C=O) groups is 1. The van der Waals surface area contributed by atoms with Crippen molar-refractivity contribution >= 4 is 17.4 Å². The fourth-order valence-corrected chi connectivity index (χ4v) is 3.52. The Bertz CT molecular complexity index is 1140. The zero-order valence-electron chi connectivity index (χ0n) is 19.5. The van der Waals surface area contributed by atoms with Crippen LogP contribution in [0.25, 0.3) is 11.3 Å². The van der Waals surface area contributed by atoms with E-state index >= 15 is 0 Å². The van der Waals surface area contributed by atoms with E-state index in [1.807, 2.05) is 12.1 Å². The molecule has 0 saturated carbocycles. The number of nitrogen functional groups attached to an aromatic ring is 1. The summed E-state index contributed by atoms with van der Waals surface area (Å²) in [5, 5.41) is 13.9. The van der Waals surface area contributed by atoms with Crippen LogP contribution in [0, 0.1) is 0 Å². The number of nitrogens with two attached hydrogens (primary N) is 1. The molecule has 10 heteroatoms. The third kappa shape index (κ3) is 6.24. The van der Waals surface area contributed by atoms with Gasteiger partial charge < -0.3 is 35.3 Å². The summed E-state index contributed by atoms with van der Waals surface area (Å²) in [6.07, 6.45) is 0.300. The summed E-state index contributed by atoms with van der Waals surface area (Å²) < 4.78 is 17.0. The van der Waals surface area contributed by atoms with Gasteiger partial charge in [-0.2, -0.15) is 0 Å². The molecule has 1 atom stereocenters. The van der Waals surface area contributed by atoms with Gasteiger partial charge in [0, 0.05) is 24.7 Å². The highest BCUT2D eigenvalue weighted by molar-refractivity contribution is 5.94. The molecule has 4 N–H and O–H groups in total. The molecule has 1 unspecified atom stereocenters. The van der Waals surface area contributed by atoms with Crippen molar-refractivity contribution in [1.29, 1.82) is 0 Å². The highest BCUT2D eigenvalue weighted by atomic mass is 16.5. The van der Waals surface area contributed by atoms with Crippen LogP contribution in [0.2, 0.25) is 0 Å². The molecular weight excluding hydrogens is 450 g/mol. The Morgan fingerprint density at radius 3 is 2.49 bits per heavy atom. The third-order valence-electron chi connectivity index (χ3n) is 5.47. The molecule has 0 aliphatic carbocycles. The molecule has 0 fully saturated rings. The molecule has 2 aromatic carbocycles. The second-order valence-corrected chi connectivity index (χ2v) is 7.95. The van der Waals surface area contributed by atoms with Gasteiger partial charge in [-0.25, -0.2) is 9.97 Å². The number of benzene rings is 2. The van der Waals surface area contributed by atoms with E-state index in [1.54, 1.807) is 48.3 Å². The van der Waals surface area contributed by atoms with Gasteiger partial charge in [0.25, 0.3) is 5.91 Å². The van der Waals surface area contributed by atoms with Crippen LogP contribution in [0.4, 0.5) is 11.5 Å². The topological polar surface area (TPSA) is 132 Å². The summed E-state index contributed by atoms with van der Waals surface area (Å²) in [5.74, 6) is 0.545. The van der Waals surface area contributed by atoms with E-state index in [0.29, 0.717) is 62.3 Å². The molecule has 3 aromatic rings. The molecule has 0 radical (unpaired) electrons. The van der Waals surface area contributed by atoms with Gasteiger partial charge in [-0.05, 0) is 24.3 Å². The van der Waals surface area contributed by atoms with Gasteiger partial charge in [0.1, 0.15) is 23.9 Å². The summed E-state index contributed by atoms with van der Waals surface area (Å²) in [6.45, 7) is 2.38. The van der Waals surface area contributed by atoms with Crippen molar-refractivity contribution in [2.45, 2.75) is 6.23 Å². The van der Waals surface area contributed by atoms with Crippen LogP contribution in [-0.2, 0) is 9.47 Å². The third-order valence-corrected chi connectivity index (χ3v) is 5.47. The van der Waals surface area contributed by atoms with E-state index in [1.165, 1.54) is 6.20 Å². The first kappa shape index (κ1) is 24.4. The Balaban J connectivity index is 1.61. The SMILES string of the molecule is CN1CCOCCOCCOc2ccccc2NC(O)c2nc(cnc2N)-c2ccc(cc2)C1=O. The van der Waals surface area contributed by atoms with E-state index in [0.717, 1.165) is 5.56 Å². The van der Waals surface area contributed by atoms with E-state index in [9.17, 15) is 9.90 Å². The van der Waals surface area contributed by atoms with E-state index in [2.05, 4.69) is 15.3 Å². The number of fused-ring (bicyclic) bond motifs is 13. The Labute approximate surface area is 203 Å². The number of hydrogen-bond acceptors (Lipinski definition) is 9. The number of nitrogens with zero attached hydrogens (tertiary/aromatic N) is 3. The fourth-order valence-electron chi connectivity index (χ4n) is 3.52. The second-order valence-electron chi connectivity index (χ2n) is 7.95. The van der Waals surface area contributed by atoms with Crippen molar-refractivity contribution in [3.8, 4) is 17.0 Å². The highest BCUT2D eigenvalue weighted by Crippen LogP contribution is 2.29. The maximum absolute atomic E-state index is 12.7. The number of aliphatic hydroxyl groups excluding tert-OH is 1. The minimum atomic E-state index is -1.23. The first-order valence-corrected chi connectivity index (χ1v) is 11.3. The standard InChI is InChI=1S/C25H29N5O5/c1-30-10-11-33-12-13-34-14-15-35-21-5-3-2-4-19(21)29-24(31)22-23(26)27-16-20(28-22)17-6-8-18(9-7-17)25(30)32/h2-9,16,24,29,31H,10-15H2,1H3,(H2,26,27). The second kappa shape index (κ2) is 11.6. The number of anilines is 2. The molecule has 1 aromatic heterocycles. The largest absolute Gasteiger partial charge is 0.489 e. The van der Waals surface area contributed by atoms with Gasteiger partial charge >= 0.3 is 0 Å². The maximum atomic E-state index is 12.7. The van der Waals surface area contributed by atoms with E-state index in [4.69, 9.17) is 19.9 Å². The number of carbonyl (C=O) groups excluding carboxylic acids is 1. The molecule has 3 heterocycles. The number of ether oxygens (including phenoxy) is 3.